The van der Waals surface area contributed by atoms with Crippen LogP contribution in [0.4, 0.5) is 0 Å². The molecular weight excluding hydrogens is 433 g/mol. The molecule has 2 atom stereocenters. The van der Waals surface area contributed by atoms with Crippen LogP contribution in [-0.2, 0) is 21.2 Å². The molecule has 1 amide bonds. The summed E-state index contributed by atoms with van der Waals surface area (Å²) in [5, 5.41) is 1.19. The fourth-order valence-corrected chi connectivity index (χ4v) is 5.48. The number of hydrogen-bond acceptors (Lipinski definition) is 4. The fraction of sp³-hybridized carbons (Fsp3) is 0.381. The Morgan fingerprint density at radius 2 is 2.00 bits per heavy atom. The Balaban J connectivity index is 1.81. The Hall–Kier alpha value is -1.76. The number of amides is 1. The first-order valence-corrected chi connectivity index (χ1v) is 11.9. The van der Waals surface area contributed by atoms with E-state index in [1.165, 1.54) is 0 Å². The van der Waals surface area contributed by atoms with Gasteiger partial charge in [-0.15, -0.1) is 0 Å². The number of halogens is 2. The Morgan fingerprint density at radius 3 is 2.62 bits per heavy atom. The van der Waals surface area contributed by atoms with Crippen molar-refractivity contribution in [1.29, 1.82) is 0 Å². The molecule has 0 saturated carbocycles. The van der Waals surface area contributed by atoms with Crippen molar-refractivity contribution in [3.8, 4) is 5.75 Å². The van der Waals surface area contributed by atoms with Gasteiger partial charge in [-0.2, -0.15) is 0 Å². The van der Waals surface area contributed by atoms with E-state index in [4.69, 9.17) is 27.9 Å². The van der Waals surface area contributed by atoms with Crippen LogP contribution in [0.3, 0.4) is 0 Å². The zero-order valence-corrected chi connectivity index (χ0v) is 18.6. The van der Waals surface area contributed by atoms with Crippen LogP contribution in [0, 0.1) is 6.92 Å². The summed E-state index contributed by atoms with van der Waals surface area (Å²) in [7, 11) is -3.14. The maximum absolute atomic E-state index is 13.2. The maximum atomic E-state index is 13.2. The molecule has 156 valence electrons. The predicted molar refractivity (Wildman–Crippen MR) is 115 cm³/mol. The van der Waals surface area contributed by atoms with E-state index in [0.717, 1.165) is 11.1 Å². The van der Waals surface area contributed by atoms with Gasteiger partial charge < -0.3 is 9.64 Å². The molecule has 1 aliphatic heterocycles. The number of benzene rings is 2. The zero-order chi connectivity index (χ0) is 21.2. The van der Waals surface area contributed by atoms with Crippen LogP contribution in [0.15, 0.2) is 42.5 Å². The summed E-state index contributed by atoms with van der Waals surface area (Å²) in [6.45, 7) is 3.80. The molecule has 2 aromatic rings. The van der Waals surface area contributed by atoms with E-state index >= 15 is 0 Å². The van der Waals surface area contributed by atoms with Gasteiger partial charge in [0.05, 0.1) is 11.5 Å². The van der Waals surface area contributed by atoms with Gasteiger partial charge in [0.25, 0.3) is 5.91 Å². The molecule has 0 bridgehead atoms. The average Bonchev–Trinajstić information content (AvgIpc) is 3.02. The highest BCUT2D eigenvalue weighted by atomic mass is 35.5. The number of sulfone groups is 1. The quantitative estimate of drug-likeness (QED) is 0.651. The summed E-state index contributed by atoms with van der Waals surface area (Å²) in [6.07, 6.45) is -0.362. The normalized spacial score (nSPS) is 19.0. The Labute approximate surface area is 181 Å². The monoisotopic (exact) mass is 455 g/mol. The van der Waals surface area contributed by atoms with Crippen LogP contribution < -0.4 is 4.74 Å². The third kappa shape index (κ3) is 5.65. The number of ether oxygens (including phenoxy) is 1. The van der Waals surface area contributed by atoms with E-state index < -0.39 is 15.9 Å². The lowest BCUT2D eigenvalue weighted by Gasteiger charge is -2.31. The molecule has 5 nitrogen and oxygen atoms in total. The molecule has 2 unspecified atom stereocenters. The topological polar surface area (TPSA) is 63.7 Å². The van der Waals surface area contributed by atoms with E-state index in [9.17, 15) is 13.2 Å². The van der Waals surface area contributed by atoms with Crippen molar-refractivity contribution in [2.75, 3.05) is 11.5 Å². The highest BCUT2D eigenvalue weighted by Crippen LogP contribution is 2.25. The van der Waals surface area contributed by atoms with E-state index in [1.807, 2.05) is 19.1 Å². The van der Waals surface area contributed by atoms with Crippen molar-refractivity contribution in [3.05, 3.63) is 63.6 Å². The lowest BCUT2D eigenvalue weighted by molar-refractivity contribution is -0.140. The number of aryl methyl sites for hydroxylation is 1. The number of carbonyl (C=O) groups is 1. The molecular formula is C21H23Cl2NO4S. The first-order chi connectivity index (χ1) is 13.6. The molecule has 2 aromatic carbocycles. The first kappa shape index (κ1) is 21.9. The third-order valence-electron chi connectivity index (χ3n) is 4.96. The predicted octanol–water partition coefficient (Wildman–Crippen LogP) is 4.29. The molecule has 8 heteroatoms. The van der Waals surface area contributed by atoms with Gasteiger partial charge in [0, 0.05) is 22.6 Å². The van der Waals surface area contributed by atoms with Crippen LogP contribution >= 0.6 is 23.2 Å². The van der Waals surface area contributed by atoms with Gasteiger partial charge in [-0.1, -0.05) is 35.3 Å². The lowest BCUT2D eigenvalue weighted by Crippen LogP contribution is -2.46. The van der Waals surface area contributed by atoms with Crippen molar-refractivity contribution < 1.29 is 17.9 Å². The minimum Gasteiger partial charge on any atom is -0.481 e. The van der Waals surface area contributed by atoms with E-state index in [-0.39, 0.29) is 30.0 Å². The highest BCUT2D eigenvalue weighted by Gasteiger charge is 2.36. The highest BCUT2D eigenvalue weighted by molar-refractivity contribution is 7.91. The fourth-order valence-electron chi connectivity index (χ4n) is 3.42. The smallest absolute Gasteiger partial charge is 0.263 e. The summed E-state index contributed by atoms with van der Waals surface area (Å²) in [5.41, 5.74) is 1.69. The average molecular weight is 456 g/mol. The number of rotatable bonds is 6. The summed E-state index contributed by atoms with van der Waals surface area (Å²) < 4.78 is 29.8. The molecule has 3 rings (SSSR count). The standard InChI is InChI=1S/C21H23Cl2NO4S/c1-14-10-19(6-7-20(14)23)28-15(2)21(25)24(18-8-9-29(26,27)13-18)12-16-4-3-5-17(22)11-16/h3-7,10-11,15,18H,8-9,12-13H2,1-2H3. The SMILES string of the molecule is Cc1cc(OC(C)C(=O)N(Cc2cccc(Cl)c2)C2CCS(=O)(=O)C2)ccc1Cl. The minimum atomic E-state index is -3.14. The van der Waals surface area contributed by atoms with Crippen LogP contribution in [-0.4, -0.2) is 42.9 Å². The van der Waals surface area contributed by atoms with E-state index in [1.54, 1.807) is 42.2 Å². The second-order valence-corrected chi connectivity index (χ2v) is 10.4. The molecule has 0 radical (unpaired) electrons. The molecule has 1 heterocycles. The number of hydrogen-bond donors (Lipinski definition) is 0. The van der Waals surface area contributed by atoms with Crippen molar-refractivity contribution >= 4 is 38.9 Å². The van der Waals surface area contributed by atoms with Crippen molar-refractivity contribution in [3.63, 3.8) is 0 Å². The molecule has 0 spiro atoms. The molecule has 1 fully saturated rings. The second-order valence-electron chi connectivity index (χ2n) is 7.32. The van der Waals surface area contributed by atoms with E-state index in [2.05, 4.69) is 0 Å². The largest absolute Gasteiger partial charge is 0.481 e. The molecule has 1 aliphatic rings. The summed E-state index contributed by atoms with van der Waals surface area (Å²) >= 11 is 12.1. The zero-order valence-electron chi connectivity index (χ0n) is 16.3. The minimum absolute atomic E-state index is 0.0356. The third-order valence-corrected chi connectivity index (χ3v) is 7.37. The maximum Gasteiger partial charge on any atom is 0.263 e. The summed E-state index contributed by atoms with van der Waals surface area (Å²) in [5.74, 6) is 0.323. The second kappa shape index (κ2) is 8.94. The van der Waals surface area contributed by atoms with Crippen LogP contribution in [0.1, 0.15) is 24.5 Å². The molecule has 0 N–H and O–H groups in total. The van der Waals surface area contributed by atoms with E-state index in [0.29, 0.717) is 22.2 Å². The molecule has 29 heavy (non-hydrogen) atoms. The summed E-state index contributed by atoms with van der Waals surface area (Å²) in [4.78, 5) is 14.8. The number of nitrogens with zero attached hydrogens (tertiary/aromatic N) is 1. The van der Waals surface area contributed by atoms with Gasteiger partial charge in [0.1, 0.15) is 5.75 Å². The number of carbonyl (C=O) groups excluding carboxylic acids is 1. The van der Waals surface area contributed by atoms with Gasteiger partial charge in [0.2, 0.25) is 0 Å². The van der Waals surface area contributed by atoms with Gasteiger partial charge in [-0.25, -0.2) is 8.42 Å². The van der Waals surface area contributed by atoms with Gasteiger partial charge in [0.15, 0.2) is 15.9 Å². The van der Waals surface area contributed by atoms with Crippen molar-refractivity contribution in [2.24, 2.45) is 0 Å². The van der Waals surface area contributed by atoms with Gasteiger partial charge >= 0.3 is 0 Å². The van der Waals surface area contributed by atoms with Crippen molar-refractivity contribution in [1.82, 2.24) is 4.90 Å². The lowest BCUT2D eigenvalue weighted by atomic mass is 10.1. The van der Waals surface area contributed by atoms with Crippen LogP contribution in [0.2, 0.25) is 10.0 Å². The Morgan fingerprint density at radius 1 is 1.24 bits per heavy atom. The van der Waals surface area contributed by atoms with Crippen molar-refractivity contribution in [2.45, 2.75) is 39.0 Å². The Kier molecular flexibility index (Phi) is 6.76. The molecule has 1 saturated heterocycles. The Bertz CT molecular complexity index is 1010. The first-order valence-electron chi connectivity index (χ1n) is 9.33. The summed E-state index contributed by atoms with van der Waals surface area (Å²) in [6, 6.07) is 12.0. The molecule has 0 aliphatic carbocycles. The van der Waals surface area contributed by atoms with Gasteiger partial charge in [-0.05, 0) is 61.7 Å². The van der Waals surface area contributed by atoms with Crippen LogP contribution in [0.25, 0.3) is 0 Å². The molecule has 0 aromatic heterocycles. The van der Waals surface area contributed by atoms with Crippen LogP contribution in [0.5, 0.6) is 5.75 Å². The van der Waals surface area contributed by atoms with Gasteiger partial charge in [-0.3, -0.25) is 4.79 Å².